The van der Waals surface area contributed by atoms with Gasteiger partial charge in [0, 0.05) is 49.0 Å². The summed E-state index contributed by atoms with van der Waals surface area (Å²) < 4.78 is 0. The summed E-state index contributed by atoms with van der Waals surface area (Å²) in [5.74, 6) is 0.841. The quantitative estimate of drug-likeness (QED) is 0.639. The number of aromatic amines is 1. The number of H-pyrrole nitrogens is 1. The third-order valence-electron chi connectivity index (χ3n) is 6.02. The molecule has 3 aromatic rings. The number of nitrogens with zero attached hydrogens (tertiary/aromatic N) is 1. The second-order valence-corrected chi connectivity index (χ2v) is 7.39. The summed E-state index contributed by atoms with van der Waals surface area (Å²) in [6.07, 6.45) is 6.18. The number of benzene rings is 2. The Morgan fingerprint density at radius 2 is 1.92 bits per heavy atom. The highest BCUT2D eigenvalue weighted by atomic mass is 15.2. The van der Waals surface area contributed by atoms with E-state index in [1.165, 1.54) is 42.3 Å². The summed E-state index contributed by atoms with van der Waals surface area (Å²) in [6.45, 7) is 3.39. The summed E-state index contributed by atoms with van der Waals surface area (Å²) in [4.78, 5) is 5.82. The minimum Gasteiger partial charge on any atom is -0.366 e. The van der Waals surface area contributed by atoms with Gasteiger partial charge in [-0.25, -0.2) is 0 Å². The lowest BCUT2D eigenvalue weighted by Gasteiger charge is -2.26. The maximum Gasteiger partial charge on any atom is 0.0453 e. The predicted octanol–water partition coefficient (Wildman–Crippen LogP) is 4.41. The molecule has 25 heavy (non-hydrogen) atoms. The number of para-hydroxylation sites is 2. The van der Waals surface area contributed by atoms with E-state index in [-0.39, 0.29) is 0 Å². The van der Waals surface area contributed by atoms with Crippen LogP contribution in [-0.2, 0) is 6.54 Å². The Balaban J connectivity index is 0.000000132. The minimum atomic E-state index is 0.816. The number of rotatable bonds is 0. The van der Waals surface area contributed by atoms with E-state index in [4.69, 9.17) is 0 Å². The molecule has 1 aromatic heterocycles. The molecule has 1 aliphatic carbocycles. The van der Waals surface area contributed by atoms with E-state index in [1.807, 2.05) is 18.3 Å². The van der Waals surface area contributed by atoms with Crippen molar-refractivity contribution in [2.75, 3.05) is 18.0 Å². The Kier molecular flexibility index (Phi) is 3.75. The van der Waals surface area contributed by atoms with Crippen molar-refractivity contribution in [3.63, 3.8) is 0 Å². The van der Waals surface area contributed by atoms with Gasteiger partial charge >= 0.3 is 0 Å². The maximum absolute atomic E-state index is 3.53. The monoisotopic (exact) mass is 331 g/mol. The van der Waals surface area contributed by atoms with Gasteiger partial charge in [-0.2, -0.15) is 0 Å². The molecule has 0 bridgehead atoms. The van der Waals surface area contributed by atoms with Crippen molar-refractivity contribution in [1.29, 1.82) is 0 Å². The van der Waals surface area contributed by atoms with Gasteiger partial charge < -0.3 is 15.2 Å². The van der Waals surface area contributed by atoms with Crippen LogP contribution in [0.2, 0.25) is 0 Å². The third-order valence-corrected chi connectivity index (χ3v) is 6.02. The largest absolute Gasteiger partial charge is 0.366 e. The van der Waals surface area contributed by atoms with E-state index in [2.05, 4.69) is 51.6 Å². The molecule has 6 rings (SSSR count). The molecular weight excluding hydrogens is 306 g/mol. The maximum atomic E-state index is 3.53. The average molecular weight is 331 g/mol. The van der Waals surface area contributed by atoms with Crippen molar-refractivity contribution in [2.45, 2.75) is 37.8 Å². The fourth-order valence-electron chi connectivity index (χ4n) is 4.94. The molecule has 3 nitrogen and oxygen atoms in total. The molecule has 0 spiro atoms. The van der Waals surface area contributed by atoms with Gasteiger partial charge in [0.1, 0.15) is 0 Å². The van der Waals surface area contributed by atoms with Gasteiger partial charge in [0.25, 0.3) is 0 Å². The predicted molar refractivity (Wildman–Crippen MR) is 104 cm³/mol. The molecule has 0 radical (unpaired) electrons. The molecule has 128 valence electrons. The second kappa shape index (κ2) is 6.23. The SMILES string of the molecule is c1cc2c3c(c1)C1CCCC1N3CCNC2.c1ccc2[nH]ccc2c1. The fraction of sp³-hybridized carbons (Fsp3) is 0.364. The first-order chi connectivity index (χ1) is 12.4. The number of fused-ring (bicyclic) bond motifs is 4. The summed E-state index contributed by atoms with van der Waals surface area (Å²) in [7, 11) is 0. The smallest absolute Gasteiger partial charge is 0.0453 e. The highest BCUT2D eigenvalue weighted by molar-refractivity contribution is 5.78. The van der Waals surface area contributed by atoms with Crippen LogP contribution in [0.25, 0.3) is 10.9 Å². The van der Waals surface area contributed by atoms with Gasteiger partial charge in [-0.1, -0.05) is 42.8 Å². The molecule has 3 aliphatic rings. The highest BCUT2D eigenvalue weighted by Crippen LogP contribution is 2.50. The topological polar surface area (TPSA) is 31.1 Å². The molecule has 2 unspecified atom stereocenters. The van der Waals surface area contributed by atoms with Crippen LogP contribution >= 0.6 is 0 Å². The summed E-state index contributed by atoms with van der Waals surface area (Å²) in [5, 5.41) is 4.81. The zero-order valence-electron chi connectivity index (χ0n) is 14.5. The Labute approximate surface area is 149 Å². The van der Waals surface area contributed by atoms with Gasteiger partial charge in [-0.3, -0.25) is 0 Å². The van der Waals surface area contributed by atoms with Crippen LogP contribution < -0.4 is 10.2 Å². The van der Waals surface area contributed by atoms with Crippen LogP contribution in [0, 0.1) is 0 Å². The van der Waals surface area contributed by atoms with Gasteiger partial charge in [-0.15, -0.1) is 0 Å². The van der Waals surface area contributed by atoms with E-state index in [0.717, 1.165) is 25.0 Å². The van der Waals surface area contributed by atoms with Crippen LogP contribution in [0.3, 0.4) is 0 Å². The van der Waals surface area contributed by atoms with Crippen molar-refractivity contribution in [3.05, 3.63) is 65.9 Å². The zero-order chi connectivity index (χ0) is 16.6. The lowest BCUT2D eigenvalue weighted by atomic mass is 9.96. The molecule has 3 heteroatoms. The molecule has 1 saturated carbocycles. The van der Waals surface area contributed by atoms with Crippen molar-refractivity contribution < 1.29 is 0 Å². The van der Waals surface area contributed by atoms with Crippen LogP contribution in [-0.4, -0.2) is 24.1 Å². The van der Waals surface area contributed by atoms with Crippen LogP contribution in [0.15, 0.2) is 54.7 Å². The molecule has 0 amide bonds. The third kappa shape index (κ3) is 2.54. The molecule has 1 fully saturated rings. The lowest BCUT2D eigenvalue weighted by Crippen LogP contribution is -2.35. The van der Waals surface area contributed by atoms with Crippen molar-refractivity contribution in [1.82, 2.24) is 10.3 Å². The van der Waals surface area contributed by atoms with Gasteiger partial charge in [-0.05, 0) is 41.5 Å². The average Bonchev–Trinajstić information content (AvgIpc) is 3.32. The van der Waals surface area contributed by atoms with Crippen molar-refractivity contribution in [3.8, 4) is 0 Å². The Hall–Kier alpha value is -2.26. The normalized spacial score (nSPS) is 23.6. The Morgan fingerprint density at radius 1 is 0.960 bits per heavy atom. The van der Waals surface area contributed by atoms with E-state index < -0.39 is 0 Å². The van der Waals surface area contributed by atoms with E-state index in [9.17, 15) is 0 Å². The number of hydrogen-bond donors (Lipinski definition) is 2. The van der Waals surface area contributed by atoms with Crippen molar-refractivity contribution >= 4 is 16.6 Å². The molecule has 2 N–H and O–H groups in total. The zero-order valence-corrected chi connectivity index (χ0v) is 14.5. The lowest BCUT2D eigenvalue weighted by molar-refractivity contribution is 0.578. The van der Waals surface area contributed by atoms with E-state index in [0.29, 0.717) is 0 Å². The number of aromatic nitrogens is 1. The van der Waals surface area contributed by atoms with Gasteiger partial charge in [0.05, 0.1) is 0 Å². The fourth-order valence-corrected chi connectivity index (χ4v) is 4.94. The first-order valence-electron chi connectivity index (χ1n) is 9.53. The highest BCUT2D eigenvalue weighted by Gasteiger charge is 2.42. The molecule has 2 atom stereocenters. The standard InChI is InChI=1S/C14H18N2.C8H7N/c1-3-10-9-15-7-8-16-13-6-2-4-11(13)12(5-1)14(10)16;1-2-4-8-7(3-1)5-6-9-8/h1,3,5,11,13,15H,2,4,6-9H2;1-6,9H. The summed E-state index contributed by atoms with van der Waals surface area (Å²) in [6, 6.07) is 18.0. The van der Waals surface area contributed by atoms with E-state index in [1.54, 1.807) is 11.3 Å². The Bertz CT molecular complexity index is 852. The first kappa shape index (κ1) is 15.0. The molecule has 2 aliphatic heterocycles. The Morgan fingerprint density at radius 3 is 2.88 bits per heavy atom. The van der Waals surface area contributed by atoms with Gasteiger partial charge in [0.15, 0.2) is 0 Å². The first-order valence-corrected chi connectivity index (χ1v) is 9.53. The summed E-state index contributed by atoms with van der Waals surface area (Å²) >= 11 is 0. The number of nitrogens with one attached hydrogen (secondary N) is 2. The van der Waals surface area contributed by atoms with Gasteiger partial charge in [0.2, 0.25) is 0 Å². The minimum absolute atomic E-state index is 0.816. The molecule has 3 heterocycles. The van der Waals surface area contributed by atoms with Crippen LogP contribution in [0.4, 0.5) is 5.69 Å². The second-order valence-electron chi connectivity index (χ2n) is 7.39. The van der Waals surface area contributed by atoms with Crippen molar-refractivity contribution in [2.24, 2.45) is 0 Å². The van der Waals surface area contributed by atoms with E-state index >= 15 is 0 Å². The molecule has 0 saturated heterocycles. The molecule has 2 aromatic carbocycles. The summed E-state index contributed by atoms with van der Waals surface area (Å²) in [5.41, 5.74) is 5.95. The number of anilines is 1. The van der Waals surface area contributed by atoms with Crippen LogP contribution in [0.5, 0.6) is 0 Å². The van der Waals surface area contributed by atoms with Crippen LogP contribution in [0.1, 0.15) is 36.3 Å². The molecular formula is C22H25N3. The number of hydrogen-bond acceptors (Lipinski definition) is 2.